The summed E-state index contributed by atoms with van der Waals surface area (Å²) >= 11 is 0. The number of aliphatic hydroxyl groups is 1. The number of rotatable bonds is 14. The number of carbonyl (C=O) groups is 1. The number of piperidine rings is 1. The highest BCUT2D eigenvalue weighted by atomic mass is 32.2. The van der Waals surface area contributed by atoms with Gasteiger partial charge in [0, 0.05) is 94.5 Å². The first-order chi connectivity index (χ1) is 32.7. The number of amides is 1. The molecule has 1 atom stereocenters. The van der Waals surface area contributed by atoms with Gasteiger partial charge in [0.1, 0.15) is 5.69 Å². The first kappa shape index (κ1) is 47.7. The molecule has 4 aromatic rings. The highest BCUT2D eigenvalue weighted by Gasteiger charge is 2.50. The average molecular weight is 951 g/mol. The Labute approximate surface area is 400 Å². The molecule has 4 heterocycles. The summed E-state index contributed by atoms with van der Waals surface area (Å²) in [5.41, 5.74) is 4.45. The van der Waals surface area contributed by atoms with Crippen molar-refractivity contribution in [1.29, 1.82) is 0 Å². The fourth-order valence-electron chi connectivity index (χ4n) is 11.3. The monoisotopic (exact) mass is 950 g/mol. The van der Waals surface area contributed by atoms with Gasteiger partial charge in [-0.05, 0) is 136 Å². The molecule has 2 aliphatic carbocycles. The lowest BCUT2D eigenvalue weighted by Gasteiger charge is -2.58. The van der Waals surface area contributed by atoms with Crippen molar-refractivity contribution >= 4 is 38.8 Å². The number of hydrogen-bond acceptors (Lipinski definition) is 14. The van der Waals surface area contributed by atoms with E-state index in [4.69, 9.17) is 14.5 Å². The third-order valence-corrected chi connectivity index (χ3v) is 16.8. The molecule has 3 aromatic carbocycles. The second-order valence-electron chi connectivity index (χ2n) is 20.1. The van der Waals surface area contributed by atoms with Gasteiger partial charge >= 0.3 is 0 Å². The molecule has 3 N–H and O–H groups in total. The first-order valence-corrected chi connectivity index (χ1v) is 25.7. The number of morpholine rings is 1. The molecule has 364 valence electrons. The number of aromatic nitrogens is 1. The van der Waals surface area contributed by atoms with Gasteiger partial charge in [0.15, 0.2) is 11.6 Å². The molecule has 0 bridgehead atoms. The van der Waals surface area contributed by atoms with Gasteiger partial charge in [-0.1, -0.05) is 24.3 Å². The second kappa shape index (κ2) is 19.9. The van der Waals surface area contributed by atoms with Crippen LogP contribution in [0.3, 0.4) is 0 Å². The number of nitrogens with zero attached hydrogens (tertiary/aromatic N) is 6. The molecule has 5 fully saturated rings. The van der Waals surface area contributed by atoms with E-state index in [0.717, 1.165) is 107 Å². The van der Waals surface area contributed by atoms with E-state index in [2.05, 4.69) is 66.9 Å². The minimum absolute atomic E-state index is 0.174. The van der Waals surface area contributed by atoms with E-state index < -0.39 is 32.1 Å². The summed E-state index contributed by atoms with van der Waals surface area (Å²) in [4.78, 5) is 39.0. The molecule has 1 amide bonds. The Bertz CT molecular complexity index is 2550. The average Bonchev–Trinajstić information content (AvgIpc) is 3.33. The third kappa shape index (κ3) is 10.6. The number of nitro benzene ring substituents is 1. The van der Waals surface area contributed by atoms with Gasteiger partial charge in [0.25, 0.3) is 21.6 Å². The van der Waals surface area contributed by atoms with Gasteiger partial charge < -0.3 is 29.7 Å². The number of aryl methyl sites for hydroxylation is 1. The van der Waals surface area contributed by atoms with Crippen LogP contribution in [0.4, 0.5) is 22.9 Å². The third-order valence-electron chi connectivity index (χ3n) is 15.5. The van der Waals surface area contributed by atoms with Crippen molar-refractivity contribution in [3.8, 4) is 5.75 Å². The molecule has 3 saturated heterocycles. The van der Waals surface area contributed by atoms with Crippen molar-refractivity contribution < 1.29 is 32.7 Å². The largest absolute Gasteiger partial charge is 0.493 e. The SMILES string of the molecule is COc1cc(CN2CCN(C3CC4(CCN(c5ccc(C(=O)NS(=O)(=O)c6ccc(NCC7CCC(C)(O)CC7)c([N+](=O)[O-])c6)cc5)CC4)C3)[C@H](c3ccccc3C)C2)cnc1N1CCOCC1. The van der Waals surface area contributed by atoms with Crippen molar-refractivity contribution in [3.63, 3.8) is 0 Å². The Kier molecular flexibility index (Phi) is 14.0. The Hall–Kier alpha value is -5.33. The number of nitro groups is 1. The van der Waals surface area contributed by atoms with Gasteiger partial charge in [0.2, 0.25) is 0 Å². The topological polar surface area (TPSA) is 183 Å². The molecule has 0 unspecified atom stereocenters. The van der Waals surface area contributed by atoms with E-state index in [0.29, 0.717) is 50.1 Å². The number of piperazine rings is 1. The Morgan fingerprint density at radius 1 is 0.941 bits per heavy atom. The molecule has 1 aromatic heterocycles. The Morgan fingerprint density at radius 2 is 1.66 bits per heavy atom. The van der Waals surface area contributed by atoms with Crippen molar-refractivity contribution in [2.75, 3.05) is 87.8 Å². The van der Waals surface area contributed by atoms with Crippen LogP contribution in [0.25, 0.3) is 0 Å². The van der Waals surface area contributed by atoms with E-state index in [1.165, 1.54) is 36.1 Å². The Balaban J connectivity index is 0.778. The van der Waals surface area contributed by atoms with Gasteiger partial charge in [-0.25, -0.2) is 18.1 Å². The van der Waals surface area contributed by atoms with Crippen LogP contribution in [0.1, 0.15) is 91.4 Å². The molecule has 16 nitrogen and oxygen atoms in total. The molecule has 0 radical (unpaired) electrons. The van der Waals surface area contributed by atoms with Crippen LogP contribution in [0.15, 0.2) is 83.9 Å². The molecule has 1 spiro atoms. The van der Waals surface area contributed by atoms with Crippen molar-refractivity contribution in [3.05, 3.63) is 111 Å². The maximum absolute atomic E-state index is 13.3. The Morgan fingerprint density at radius 3 is 2.35 bits per heavy atom. The number of sulfonamides is 1. The molecular weight excluding hydrogens is 885 g/mol. The summed E-state index contributed by atoms with van der Waals surface area (Å²) < 4.78 is 40.2. The smallest absolute Gasteiger partial charge is 0.293 e. The van der Waals surface area contributed by atoms with Crippen LogP contribution in [0, 0.1) is 28.4 Å². The summed E-state index contributed by atoms with van der Waals surface area (Å²) in [5.74, 6) is 1.11. The fraction of sp³-hybridized carbons (Fsp3) is 0.529. The van der Waals surface area contributed by atoms with Gasteiger partial charge in [0.05, 0.1) is 35.7 Å². The van der Waals surface area contributed by atoms with E-state index in [9.17, 15) is 28.4 Å². The highest BCUT2D eigenvalue weighted by Crippen LogP contribution is 2.53. The summed E-state index contributed by atoms with van der Waals surface area (Å²) in [6, 6.07) is 22.4. The predicted octanol–water partition coefficient (Wildman–Crippen LogP) is 6.92. The second-order valence-corrected chi connectivity index (χ2v) is 21.8. The lowest BCUT2D eigenvalue weighted by molar-refractivity contribution is -0.384. The van der Waals surface area contributed by atoms with Crippen LogP contribution in [-0.4, -0.2) is 123 Å². The maximum Gasteiger partial charge on any atom is 0.293 e. The summed E-state index contributed by atoms with van der Waals surface area (Å²) in [7, 11) is -2.69. The normalized spacial score (nSPS) is 23.8. The molecule has 17 heteroatoms. The van der Waals surface area contributed by atoms with E-state index in [1.807, 2.05) is 25.3 Å². The molecule has 3 aliphatic heterocycles. The van der Waals surface area contributed by atoms with Crippen LogP contribution < -0.4 is 24.6 Å². The zero-order chi connectivity index (χ0) is 47.6. The summed E-state index contributed by atoms with van der Waals surface area (Å²) in [6.07, 6.45) is 9.40. The standard InChI is InChI=1S/C51H66N8O8S/c1-36-6-4-5-7-43(36)46-35-55(34-38-28-47(66-3)48(53-33-38)57-24-26-67-27-25-57)22-23-58(46)41-30-51(31-41)18-20-56(21-19-51)40-10-8-39(9-11-40)49(60)54-68(64,65)42-12-13-44(45(29-42)59(62)63)52-32-37-14-16-50(2,61)17-15-37/h4-13,28-29,33,37,41,46,52,61H,14-27,30-32,34-35H2,1-3H3,(H,54,60)/t37?,46-,50?/m0/s1. The lowest BCUT2D eigenvalue weighted by atomic mass is 9.59. The lowest BCUT2D eigenvalue weighted by Crippen LogP contribution is -2.59. The molecule has 68 heavy (non-hydrogen) atoms. The highest BCUT2D eigenvalue weighted by molar-refractivity contribution is 7.90. The first-order valence-electron chi connectivity index (χ1n) is 24.2. The number of anilines is 3. The van der Waals surface area contributed by atoms with E-state index in [1.54, 1.807) is 19.2 Å². The van der Waals surface area contributed by atoms with Crippen LogP contribution in [-0.2, 0) is 21.3 Å². The van der Waals surface area contributed by atoms with Gasteiger partial charge in [-0.15, -0.1) is 0 Å². The van der Waals surface area contributed by atoms with Gasteiger partial charge in [-0.2, -0.15) is 0 Å². The summed E-state index contributed by atoms with van der Waals surface area (Å²) in [5, 5.41) is 25.4. The maximum atomic E-state index is 13.3. The van der Waals surface area contributed by atoms with E-state index >= 15 is 0 Å². The minimum atomic E-state index is -4.41. The van der Waals surface area contributed by atoms with Crippen LogP contribution in [0.2, 0.25) is 0 Å². The number of ether oxygens (including phenoxy) is 2. The van der Waals surface area contributed by atoms with Crippen molar-refractivity contribution in [1.82, 2.24) is 19.5 Å². The number of benzene rings is 3. The quantitative estimate of drug-likeness (QED) is 0.0875. The van der Waals surface area contributed by atoms with Crippen LogP contribution >= 0.6 is 0 Å². The van der Waals surface area contributed by atoms with Crippen molar-refractivity contribution in [2.24, 2.45) is 11.3 Å². The fourth-order valence-corrected chi connectivity index (χ4v) is 12.3. The minimum Gasteiger partial charge on any atom is -0.493 e. The predicted molar refractivity (Wildman–Crippen MR) is 262 cm³/mol. The summed E-state index contributed by atoms with van der Waals surface area (Å²) in [6.45, 7) is 13.0. The number of carbonyl (C=O) groups excluding carboxylic acids is 1. The van der Waals surface area contributed by atoms with Crippen molar-refractivity contribution in [2.45, 2.75) is 94.3 Å². The number of nitrogens with one attached hydrogen (secondary N) is 2. The molecule has 9 rings (SSSR count). The zero-order valence-corrected chi connectivity index (χ0v) is 40.4. The zero-order valence-electron chi connectivity index (χ0n) is 39.6. The molecule has 5 aliphatic rings. The number of hydrogen-bond donors (Lipinski definition) is 3. The van der Waals surface area contributed by atoms with Crippen LogP contribution in [0.5, 0.6) is 5.75 Å². The number of pyridine rings is 1. The van der Waals surface area contributed by atoms with Gasteiger partial charge in [-0.3, -0.25) is 24.7 Å². The number of methoxy groups -OCH3 is 1. The molecule has 2 saturated carbocycles. The molecular formula is C51H66N8O8S. The van der Waals surface area contributed by atoms with E-state index in [-0.39, 0.29) is 22.1 Å².